The Bertz CT molecular complexity index is 787. The van der Waals surface area contributed by atoms with Crippen LogP contribution in [0.1, 0.15) is 13.3 Å². The summed E-state index contributed by atoms with van der Waals surface area (Å²) < 4.78 is 5.11. The van der Waals surface area contributed by atoms with Gasteiger partial charge >= 0.3 is 12.0 Å². The monoisotopic (exact) mass is 397 g/mol. The van der Waals surface area contributed by atoms with Gasteiger partial charge in [0.25, 0.3) is 5.91 Å². The van der Waals surface area contributed by atoms with Gasteiger partial charge < -0.3 is 15.4 Å². The molecule has 1 aromatic rings. The maximum atomic E-state index is 12.2. The van der Waals surface area contributed by atoms with Crippen LogP contribution in [0.4, 0.5) is 10.5 Å². The van der Waals surface area contributed by atoms with Crippen molar-refractivity contribution >= 4 is 52.9 Å². The number of urea groups is 1. The minimum Gasteiger partial charge on any atom is -0.452 e. The van der Waals surface area contributed by atoms with E-state index in [0.29, 0.717) is 17.3 Å². The van der Waals surface area contributed by atoms with Crippen molar-refractivity contribution in [2.75, 3.05) is 18.4 Å². The number of ether oxygens (including phenoxy) is 1. The summed E-state index contributed by atoms with van der Waals surface area (Å²) in [4.78, 5) is 49.7. The number of nitrogens with one attached hydrogen (secondary N) is 2. The van der Waals surface area contributed by atoms with E-state index in [-0.39, 0.29) is 18.9 Å². The minimum atomic E-state index is -1.10. The molecule has 2 atom stereocenters. The molecule has 2 unspecified atom stereocenters. The van der Waals surface area contributed by atoms with Gasteiger partial charge in [0.05, 0.1) is 17.4 Å². The van der Waals surface area contributed by atoms with Crippen LogP contribution >= 0.6 is 23.4 Å². The molecule has 0 aromatic heterocycles. The molecule has 2 aliphatic rings. The maximum absolute atomic E-state index is 12.2. The zero-order chi connectivity index (χ0) is 18.8. The van der Waals surface area contributed by atoms with Crippen LogP contribution in [0.2, 0.25) is 5.02 Å². The van der Waals surface area contributed by atoms with Crippen molar-refractivity contribution in [1.82, 2.24) is 10.2 Å². The lowest BCUT2D eigenvalue weighted by Gasteiger charge is -2.24. The van der Waals surface area contributed by atoms with Crippen LogP contribution in [0.15, 0.2) is 23.1 Å². The van der Waals surface area contributed by atoms with Gasteiger partial charge in [-0.2, -0.15) is 0 Å². The molecular weight excluding hydrogens is 382 g/mol. The normalized spacial score (nSPS) is 20.1. The molecular formula is C16H16ClN3O5S. The average molecular weight is 398 g/mol. The maximum Gasteiger partial charge on any atom is 0.324 e. The zero-order valence-electron chi connectivity index (χ0n) is 13.8. The first kappa shape index (κ1) is 18.5. The van der Waals surface area contributed by atoms with Crippen LogP contribution < -0.4 is 10.6 Å². The number of imide groups is 1. The van der Waals surface area contributed by atoms with E-state index in [2.05, 4.69) is 10.6 Å². The first-order valence-corrected chi connectivity index (χ1v) is 9.16. The Hall–Kier alpha value is -2.26. The average Bonchev–Trinajstić information content (AvgIpc) is 3.01. The Morgan fingerprint density at radius 1 is 1.42 bits per heavy atom. The van der Waals surface area contributed by atoms with E-state index in [0.717, 1.165) is 9.80 Å². The Morgan fingerprint density at radius 3 is 2.88 bits per heavy atom. The van der Waals surface area contributed by atoms with Gasteiger partial charge in [0.1, 0.15) is 0 Å². The summed E-state index contributed by atoms with van der Waals surface area (Å²) in [5.41, 5.74) is 0.598. The molecule has 1 aromatic carbocycles. The lowest BCUT2D eigenvalue weighted by Crippen LogP contribution is -2.42. The number of esters is 1. The van der Waals surface area contributed by atoms with Crippen LogP contribution in [0.3, 0.4) is 0 Å². The lowest BCUT2D eigenvalue weighted by molar-refractivity contribution is -0.157. The third kappa shape index (κ3) is 3.94. The largest absolute Gasteiger partial charge is 0.452 e. The van der Waals surface area contributed by atoms with E-state index in [4.69, 9.17) is 16.3 Å². The van der Waals surface area contributed by atoms with Crippen LogP contribution in [0, 0.1) is 0 Å². The van der Waals surface area contributed by atoms with E-state index < -0.39 is 29.3 Å². The Kier molecular flexibility index (Phi) is 5.38. The highest BCUT2D eigenvalue weighted by atomic mass is 35.5. The molecule has 4 amide bonds. The standard InChI is InChI=1S/C16H16ClN3O5S/c1-8(15(23)20-5-4-18-16(20)24)25-13(21)7-12-14(22)19-10-6-9(17)2-3-11(10)26-12/h2-3,6,8,12H,4-5,7H2,1H3,(H,18,24)(H,19,22). The summed E-state index contributed by atoms with van der Waals surface area (Å²) in [5, 5.41) is 5.03. The summed E-state index contributed by atoms with van der Waals surface area (Å²) >= 11 is 7.13. The lowest BCUT2D eigenvalue weighted by atomic mass is 10.2. The van der Waals surface area contributed by atoms with E-state index in [1.165, 1.54) is 18.7 Å². The van der Waals surface area contributed by atoms with Crippen LogP contribution in [-0.4, -0.2) is 53.2 Å². The Balaban J connectivity index is 1.58. The van der Waals surface area contributed by atoms with Crippen molar-refractivity contribution in [2.24, 2.45) is 0 Å². The number of anilines is 1. The number of thioether (sulfide) groups is 1. The molecule has 8 nitrogen and oxygen atoms in total. The molecule has 1 saturated heterocycles. The third-order valence-corrected chi connectivity index (χ3v) is 5.40. The molecule has 0 saturated carbocycles. The first-order chi connectivity index (χ1) is 12.3. The highest BCUT2D eigenvalue weighted by molar-refractivity contribution is 8.01. The van der Waals surface area contributed by atoms with Gasteiger partial charge in [0.2, 0.25) is 5.91 Å². The molecule has 2 aliphatic heterocycles. The molecule has 138 valence electrons. The van der Waals surface area contributed by atoms with Crippen LogP contribution in [0.25, 0.3) is 0 Å². The van der Waals surface area contributed by atoms with Crippen molar-refractivity contribution in [3.05, 3.63) is 23.2 Å². The van der Waals surface area contributed by atoms with Gasteiger partial charge in [-0.3, -0.25) is 19.3 Å². The van der Waals surface area contributed by atoms with Crippen molar-refractivity contribution in [3.63, 3.8) is 0 Å². The highest BCUT2D eigenvalue weighted by Gasteiger charge is 2.34. The number of hydrogen-bond acceptors (Lipinski definition) is 6. The van der Waals surface area contributed by atoms with Gasteiger partial charge in [-0.05, 0) is 25.1 Å². The van der Waals surface area contributed by atoms with Crippen LogP contribution in [0.5, 0.6) is 0 Å². The SMILES string of the molecule is CC(OC(=O)CC1Sc2ccc(Cl)cc2NC1=O)C(=O)N1CCNC1=O. The molecule has 10 heteroatoms. The van der Waals surface area contributed by atoms with E-state index in [1.54, 1.807) is 18.2 Å². The quantitative estimate of drug-likeness (QED) is 0.748. The number of hydrogen-bond donors (Lipinski definition) is 2. The molecule has 0 aliphatic carbocycles. The van der Waals surface area contributed by atoms with Gasteiger partial charge in [0.15, 0.2) is 6.10 Å². The fraction of sp³-hybridized carbons (Fsp3) is 0.375. The molecule has 1 fully saturated rings. The molecule has 0 radical (unpaired) electrons. The van der Waals surface area contributed by atoms with E-state index in [1.807, 2.05) is 0 Å². The zero-order valence-corrected chi connectivity index (χ0v) is 15.4. The second kappa shape index (κ2) is 7.55. The number of nitrogens with zero attached hydrogens (tertiary/aromatic N) is 1. The highest BCUT2D eigenvalue weighted by Crippen LogP contribution is 2.38. The number of carbonyl (C=O) groups excluding carboxylic acids is 4. The fourth-order valence-electron chi connectivity index (χ4n) is 2.61. The molecule has 3 rings (SSSR count). The Morgan fingerprint density at radius 2 is 2.19 bits per heavy atom. The fourth-order valence-corrected chi connectivity index (χ4v) is 3.85. The summed E-state index contributed by atoms with van der Waals surface area (Å²) in [6, 6.07) is 4.59. The second-order valence-electron chi connectivity index (χ2n) is 5.79. The number of benzene rings is 1. The molecule has 0 bridgehead atoms. The number of carbonyl (C=O) groups is 4. The number of amides is 4. The molecule has 2 N–H and O–H groups in total. The number of fused-ring (bicyclic) bond motifs is 1. The van der Waals surface area contributed by atoms with Gasteiger partial charge in [-0.15, -0.1) is 11.8 Å². The van der Waals surface area contributed by atoms with Crippen LogP contribution in [-0.2, 0) is 19.1 Å². The second-order valence-corrected chi connectivity index (χ2v) is 7.48. The summed E-state index contributed by atoms with van der Waals surface area (Å²) in [6.07, 6.45) is -1.29. The van der Waals surface area contributed by atoms with Gasteiger partial charge in [0, 0.05) is 23.0 Å². The van der Waals surface area contributed by atoms with E-state index >= 15 is 0 Å². The topological polar surface area (TPSA) is 105 Å². The minimum absolute atomic E-state index is 0.192. The van der Waals surface area contributed by atoms with Crippen molar-refractivity contribution in [1.29, 1.82) is 0 Å². The Labute approximate surface area is 158 Å². The third-order valence-electron chi connectivity index (χ3n) is 3.89. The number of halogens is 1. The molecule has 0 spiro atoms. The summed E-state index contributed by atoms with van der Waals surface area (Å²) in [7, 11) is 0. The molecule has 2 heterocycles. The van der Waals surface area contributed by atoms with E-state index in [9.17, 15) is 19.2 Å². The molecule has 26 heavy (non-hydrogen) atoms. The van der Waals surface area contributed by atoms with Crippen molar-refractivity contribution in [3.8, 4) is 0 Å². The summed E-state index contributed by atoms with van der Waals surface area (Å²) in [6.45, 7) is 2.00. The predicted octanol–water partition coefficient (Wildman–Crippen LogP) is 1.63. The van der Waals surface area contributed by atoms with Crippen molar-refractivity contribution in [2.45, 2.75) is 29.6 Å². The van der Waals surface area contributed by atoms with Crippen molar-refractivity contribution < 1.29 is 23.9 Å². The van der Waals surface area contributed by atoms with Gasteiger partial charge in [-0.1, -0.05) is 11.6 Å². The smallest absolute Gasteiger partial charge is 0.324 e. The predicted molar refractivity (Wildman–Crippen MR) is 95.0 cm³/mol. The first-order valence-electron chi connectivity index (χ1n) is 7.91. The van der Waals surface area contributed by atoms with Gasteiger partial charge in [-0.25, -0.2) is 4.79 Å². The summed E-state index contributed by atoms with van der Waals surface area (Å²) in [5.74, 6) is -1.61. The number of rotatable bonds is 4.